The topological polar surface area (TPSA) is 157 Å². The third kappa shape index (κ3) is 6.91. The number of anilines is 3. The molecule has 1 amide bonds. The summed E-state index contributed by atoms with van der Waals surface area (Å²) in [5.74, 6) is -0.175. The van der Waals surface area contributed by atoms with Gasteiger partial charge in [0.05, 0.1) is 29.7 Å². The maximum absolute atomic E-state index is 13.7. The Labute approximate surface area is 238 Å². The fourth-order valence-corrected chi connectivity index (χ4v) is 6.10. The van der Waals surface area contributed by atoms with Crippen LogP contribution in [0.15, 0.2) is 95.0 Å². The van der Waals surface area contributed by atoms with E-state index in [4.69, 9.17) is 9.47 Å². The molecule has 0 fully saturated rings. The van der Waals surface area contributed by atoms with Crippen LogP contribution in [0.4, 0.5) is 17.3 Å². The van der Waals surface area contributed by atoms with Crippen molar-refractivity contribution in [1.82, 2.24) is 9.97 Å². The van der Waals surface area contributed by atoms with Crippen molar-refractivity contribution in [1.29, 1.82) is 0 Å². The summed E-state index contributed by atoms with van der Waals surface area (Å²) in [6.45, 7) is 1.29. The van der Waals surface area contributed by atoms with Crippen LogP contribution < -0.4 is 23.8 Å². The molecule has 4 rings (SSSR count). The number of methoxy groups -OCH3 is 2. The Kier molecular flexibility index (Phi) is 8.74. The van der Waals surface area contributed by atoms with Crippen LogP contribution >= 0.6 is 0 Å². The first kappa shape index (κ1) is 29.3. The van der Waals surface area contributed by atoms with Gasteiger partial charge in [-0.3, -0.25) is 9.10 Å². The number of ether oxygens (including phenoxy) is 2. The Morgan fingerprint density at radius 1 is 0.829 bits per heavy atom. The highest BCUT2D eigenvalue weighted by molar-refractivity contribution is 7.93. The molecule has 2 N–H and O–H groups in total. The molecule has 0 aliphatic carbocycles. The number of nitrogens with zero attached hydrogens (tertiary/aromatic N) is 3. The smallest absolute Gasteiger partial charge is 0.264 e. The van der Waals surface area contributed by atoms with Crippen molar-refractivity contribution >= 4 is 43.3 Å². The first-order valence-corrected chi connectivity index (χ1v) is 15.0. The van der Waals surface area contributed by atoms with Gasteiger partial charge in [0.15, 0.2) is 11.5 Å². The Hall–Kier alpha value is -4.69. The molecule has 3 aromatic carbocycles. The molecule has 0 atom stereocenters. The zero-order valence-electron chi connectivity index (χ0n) is 22.3. The van der Waals surface area contributed by atoms with Crippen LogP contribution in [0.25, 0.3) is 0 Å². The van der Waals surface area contributed by atoms with E-state index >= 15 is 0 Å². The number of hydrogen-bond donors (Lipinski definition) is 2. The van der Waals surface area contributed by atoms with Crippen molar-refractivity contribution in [2.24, 2.45) is 0 Å². The van der Waals surface area contributed by atoms with Gasteiger partial charge in [0.25, 0.3) is 20.0 Å². The molecule has 0 aliphatic rings. The highest BCUT2D eigenvalue weighted by Gasteiger charge is 2.28. The van der Waals surface area contributed by atoms with Gasteiger partial charge >= 0.3 is 0 Å². The zero-order valence-corrected chi connectivity index (χ0v) is 23.9. The molecule has 41 heavy (non-hydrogen) atoms. The highest BCUT2D eigenvalue weighted by Crippen LogP contribution is 2.32. The molecule has 0 aliphatic heterocycles. The number of rotatable bonds is 11. The van der Waals surface area contributed by atoms with Crippen LogP contribution in [0.2, 0.25) is 0 Å². The largest absolute Gasteiger partial charge is 0.493 e. The average Bonchev–Trinajstić information content (AvgIpc) is 2.96. The van der Waals surface area contributed by atoms with Gasteiger partial charge in [-0.05, 0) is 61.5 Å². The lowest BCUT2D eigenvalue weighted by atomic mass is 10.2. The van der Waals surface area contributed by atoms with E-state index < -0.39 is 32.5 Å². The van der Waals surface area contributed by atoms with E-state index in [1.54, 1.807) is 30.3 Å². The number of sulfonamides is 2. The van der Waals surface area contributed by atoms with Gasteiger partial charge < -0.3 is 14.8 Å². The average molecular weight is 598 g/mol. The van der Waals surface area contributed by atoms with Gasteiger partial charge in [-0.1, -0.05) is 17.7 Å². The molecule has 0 unspecified atom stereocenters. The number of carbonyl (C=O) groups is 1. The van der Waals surface area contributed by atoms with Gasteiger partial charge in [-0.15, -0.1) is 0 Å². The summed E-state index contributed by atoms with van der Waals surface area (Å²) < 4.78 is 66.4. The van der Waals surface area contributed by atoms with Crippen molar-refractivity contribution in [3.63, 3.8) is 0 Å². The van der Waals surface area contributed by atoms with Crippen LogP contribution in [0.1, 0.15) is 5.56 Å². The third-order valence-corrected chi connectivity index (χ3v) is 8.91. The molecule has 0 radical (unpaired) electrons. The van der Waals surface area contributed by atoms with Crippen molar-refractivity contribution in [3.05, 3.63) is 90.8 Å². The van der Waals surface area contributed by atoms with Crippen LogP contribution in [-0.4, -0.2) is 53.5 Å². The van der Waals surface area contributed by atoms with Crippen LogP contribution in [-0.2, 0) is 24.8 Å². The molecule has 0 spiro atoms. The Morgan fingerprint density at radius 2 is 1.44 bits per heavy atom. The van der Waals surface area contributed by atoms with E-state index in [0.29, 0.717) is 5.75 Å². The van der Waals surface area contributed by atoms with Gasteiger partial charge in [-0.25, -0.2) is 31.5 Å². The third-order valence-electron chi connectivity index (χ3n) is 5.79. The molecule has 12 nitrogen and oxygen atoms in total. The second-order valence-corrected chi connectivity index (χ2v) is 12.2. The normalized spacial score (nSPS) is 11.4. The molecule has 0 saturated heterocycles. The minimum Gasteiger partial charge on any atom is -0.493 e. The number of benzene rings is 3. The number of hydrogen-bond acceptors (Lipinski definition) is 9. The van der Waals surface area contributed by atoms with E-state index in [-0.39, 0.29) is 32.9 Å². The molecule has 4 aromatic rings. The summed E-state index contributed by atoms with van der Waals surface area (Å²) in [6.07, 6.45) is 2.80. The van der Waals surface area contributed by atoms with E-state index in [9.17, 15) is 21.6 Å². The van der Waals surface area contributed by atoms with E-state index in [1.807, 2.05) is 6.92 Å². The van der Waals surface area contributed by atoms with Crippen LogP contribution in [0.3, 0.4) is 0 Å². The molecule has 214 valence electrons. The maximum Gasteiger partial charge on any atom is 0.264 e. The molecular formula is C27H27N5O7S2. The molecule has 0 bridgehead atoms. The zero-order chi connectivity index (χ0) is 29.6. The lowest BCUT2D eigenvalue weighted by Gasteiger charge is -2.24. The standard InChI is InChI=1S/C27H27N5O7S2/c1-19-5-9-21(10-6-19)32(41(36,37)23-13-14-24(38-2)25(17-23)39-3)18-26(33)30-20-7-11-22(12-8-20)40(34,35)31-27-28-15-4-16-29-27/h4-17H,18H2,1-3H3,(H,30,33)(H,28,29,31). The van der Waals surface area contributed by atoms with Crippen molar-refractivity contribution in [3.8, 4) is 11.5 Å². The van der Waals surface area contributed by atoms with Crippen LogP contribution in [0.5, 0.6) is 11.5 Å². The second-order valence-electron chi connectivity index (χ2n) is 8.61. The van der Waals surface area contributed by atoms with Crippen molar-refractivity contribution < 1.29 is 31.1 Å². The first-order chi connectivity index (χ1) is 19.5. The van der Waals surface area contributed by atoms with E-state index in [2.05, 4.69) is 20.0 Å². The number of nitrogens with one attached hydrogen (secondary N) is 2. The van der Waals surface area contributed by atoms with E-state index in [0.717, 1.165) is 9.87 Å². The molecule has 0 saturated carbocycles. The maximum atomic E-state index is 13.7. The van der Waals surface area contributed by atoms with E-state index in [1.165, 1.54) is 69.1 Å². The van der Waals surface area contributed by atoms with Gasteiger partial charge in [0.2, 0.25) is 11.9 Å². The quantitative estimate of drug-likeness (QED) is 0.264. The minimum absolute atomic E-state index is 0.0831. The Bertz CT molecular complexity index is 1730. The lowest BCUT2D eigenvalue weighted by Crippen LogP contribution is -2.38. The molecule has 1 heterocycles. The van der Waals surface area contributed by atoms with Crippen molar-refractivity contribution in [2.75, 3.05) is 35.1 Å². The highest BCUT2D eigenvalue weighted by atomic mass is 32.2. The first-order valence-electron chi connectivity index (χ1n) is 12.0. The Balaban J connectivity index is 1.56. The summed E-state index contributed by atoms with van der Waals surface area (Å²) >= 11 is 0. The van der Waals surface area contributed by atoms with Gasteiger partial charge in [0.1, 0.15) is 6.54 Å². The number of carbonyl (C=O) groups excluding carboxylic acids is 1. The number of aromatic nitrogens is 2. The minimum atomic E-state index is -4.23. The monoisotopic (exact) mass is 597 g/mol. The summed E-state index contributed by atoms with van der Waals surface area (Å²) in [7, 11) is -5.38. The second kappa shape index (κ2) is 12.2. The van der Waals surface area contributed by atoms with Crippen molar-refractivity contribution in [2.45, 2.75) is 16.7 Å². The van der Waals surface area contributed by atoms with Gasteiger partial charge in [-0.2, -0.15) is 0 Å². The summed E-state index contributed by atoms with van der Waals surface area (Å²) in [4.78, 5) is 20.6. The Morgan fingerprint density at radius 3 is 2.05 bits per heavy atom. The number of amides is 1. The fraction of sp³-hybridized carbons (Fsp3) is 0.148. The predicted molar refractivity (Wildman–Crippen MR) is 153 cm³/mol. The fourth-order valence-electron chi connectivity index (χ4n) is 3.71. The predicted octanol–water partition coefficient (Wildman–Crippen LogP) is 3.44. The van der Waals surface area contributed by atoms with Gasteiger partial charge in [0, 0.05) is 24.1 Å². The summed E-state index contributed by atoms with van der Waals surface area (Å²) in [5.41, 5.74) is 1.44. The lowest BCUT2D eigenvalue weighted by molar-refractivity contribution is -0.114. The summed E-state index contributed by atoms with van der Waals surface area (Å²) in [6, 6.07) is 17.7. The van der Waals surface area contributed by atoms with Crippen LogP contribution in [0, 0.1) is 6.92 Å². The summed E-state index contributed by atoms with van der Waals surface area (Å²) in [5, 5.41) is 2.62. The molecular weight excluding hydrogens is 570 g/mol. The molecule has 14 heteroatoms. The molecule has 1 aromatic heterocycles. The SMILES string of the molecule is COc1ccc(S(=O)(=O)N(CC(=O)Nc2ccc(S(=O)(=O)Nc3ncccn3)cc2)c2ccc(C)cc2)cc1OC. The number of aryl methyl sites for hydroxylation is 1.